The quantitative estimate of drug-likeness (QED) is 0.516. The summed E-state index contributed by atoms with van der Waals surface area (Å²) in [6, 6.07) is 6.00. The lowest BCUT2D eigenvalue weighted by molar-refractivity contribution is 0.0696. The highest BCUT2D eigenvalue weighted by Gasteiger charge is 2.19. The molecular formula is C17H21ClN4O5S. The number of aromatic carboxylic acids is 1. The molecule has 0 aliphatic rings. The number of rotatable bonds is 9. The highest BCUT2D eigenvalue weighted by molar-refractivity contribution is 7.92. The van der Waals surface area contributed by atoms with Gasteiger partial charge in [0.2, 0.25) is 11.8 Å². The number of anilines is 1. The molecule has 9 nitrogen and oxygen atoms in total. The van der Waals surface area contributed by atoms with Crippen LogP contribution in [-0.4, -0.2) is 42.1 Å². The van der Waals surface area contributed by atoms with Crippen molar-refractivity contribution in [1.82, 2.24) is 9.97 Å². The summed E-state index contributed by atoms with van der Waals surface area (Å²) < 4.78 is 32.6. The fourth-order valence-corrected chi connectivity index (χ4v) is 3.52. The van der Waals surface area contributed by atoms with E-state index in [1.807, 2.05) is 13.8 Å². The summed E-state index contributed by atoms with van der Waals surface area (Å²) in [7, 11) is -4.13. The number of ether oxygens (including phenoxy) is 1. The number of aromatic nitrogens is 2. The lowest BCUT2D eigenvalue weighted by Gasteiger charge is -2.15. The molecule has 1 atom stereocenters. The maximum atomic E-state index is 12.5. The molecule has 1 aromatic heterocycles. The van der Waals surface area contributed by atoms with Crippen molar-refractivity contribution in [3.8, 4) is 5.88 Å². The van der Waals surface area contributed by atoms with E-state index in [4.69, 9.17) is 27.2 Å². The molecule has 0 bridgehead atoms. The van der Waals surface area contributed by atoms with Crippen molar-refractivity contribution in [2.24, 2.45) is 11.7 Å². The van der Waals surface area contributed by atoms with Crippen molar-refractivity contribution in [2.45, 2.75) is 31.2 Å². The van der Waals surface area contributed by atoms with Crippen molar-refractivity contribution in [1.29, 1.82) is 0 Å². The standard InChI is InChI=1S/C17H21ClN4O5S/c1-10(2)6-12(19)9-27-15-8-14(18)20-17(21-15)22-28(25,26)13-5-3-4-11(7-13)16(23)24/h3-5,7-8,10,12H,6,9,19H2,1-2H3,(H,23,24)(H,20,21,22). The first-order valence-electron chi connectivity index (χ1n) is 8.36. The van der Waals surface area contributed by atoms with E-state index in [2.05, 4.69) is 14.7 Å². The smallest absolute Gasteiger partial charge is 0.335 e. The second-order valence-electron chi connectivity index (χ2n) is 6.49. The van der Waals surface area contributed by atoms with Gasteiger partial charge in [0, 0.05) is 12.1 Å². The van der Waals surface area contributed by atoms with Gasteiger partial charge in [-0.05, 0) is 30.5 Å². The Labute approximate surface area is 168 Å². The summed E-state index contributed by atoms with van der Waals surface area (Å²) in [6.45, 7) is 4.25. The average molecular weight is 429 g/mol. The number of hydrogen-bond acceptors (Lipinski definition) is 7. The Kier molecular flexibility index (Phi) is 7.17. The van der Waals surface area contributed by atoms with Crippen LogP contribution >= 0.6 is 11.6 Å². The molecule has 1 aromatic carbocycles. The van der Waals surface area contributed by atoms with Gasteiger partial charge in [0.05, 0.1) is 10.5 Å². The van der Waals surface area contributed by atoms with Gasteiger partial charge >= 0.3 is 5.97 Å². The van der Waals surface area contributed by atoms with Crippen LogP contribution in [0.25, 0.3) is 0 Å². The van der Waals surface area contributed by atoms with Crippen LogP contribution < -0.4 is 15.2 Å². The van der Waals surface area contributed by atoms with Crippen LogP contribution in [0.3, 0.4) is 0 Å². The number of nitrogens with zero attached hydrogens (tertiary/aromatic N) is 2. The van der Waals surface area contributed by atoms with Crippen LogP contribution in [0, 0.1) is 5.92 Å². The van der Waals surface area contributed by atoms with Gasteiger partial charge in [0.25, 0.3) is 10.0 Å². The molecule has 0 saturated carbocycles. The Morgan fingerprint density at radius 3 is 2.68 bits per heavy atom. The number of carboxylic acids is 1. The molecular weight excluding hydrogens is 408 g/mol. The zero-order chi connectivity index (χ0) is 20.9. The van der Waals surface area contributed by atoms with Crippen LogP contribution in [-0.2, 0) is 10.0 Å². The van der Waals surface area contributed by atoms with Crippen LogP contribution in [0.15, 0.2) is 35.2 Å². The van der Waals surface area contributed by atoms with Crippen LogP contribution in [0.5, 0.6) is 5.88 Å². The van der Waals surface area contributed by atoms with E-state index in [9.17, 15) is 13.2 Å². The normalized spacial score (nSPS) is 12.6. The molecule has 0 aliphatic heterocycles. The zero-order valence-corrected chi connectivity index (χ0v) is 16.9. The first-order chi connectivity index (χ1) is 13.1. The van der Waals surface area contributed by atoms with E-state index in [1.54, 1.807) is 0 Å². The minimum absolute atomic E-state index is 0.0283. The van der Waals surface area contributed by atoms with Gasteiger partial charge in [0.1, 0.15) is 11.8 Å². The summed E-state index contributed by atoms with van der Waals surface area (Å²) >= 11 is 5.92. The fourth-order valence-electron chi connectivity index (χ4n) is 2.36. The lowest BCUT2D eigenvalue weighted by Crippen LogP contribution is -2.29. The maximum absolute atomic E-state index is 12.5. The number of sulfonamides is 1. The van der Waals surface area contributed by atoms with Crippen molar-refractivity contribution in [3.63, 3.8) is 0 Å². The summed E-state index contributed by atoms with van der Waals surface area (Å²) in [5.74, 6) is -1.09. The summed E-state index contributed by atoms with van der Waals surface area (Å²) in [6.07, 6.45) is 0.748. The third-order valence-corrected chi connectivity index (χ3v) is 5.03. The van der Waals surface area contributed by atoms with Gasteiger partial charge < -0.3 is 15.6 Å². The van der Waals surface area contributed by atoms with Crippen molar-refractivity contribution in [3.05, 3.63) is 41.0 Å². The molecule has 1 heterocycles. The molecule has 0 spiro atoms. The summed E-state index contributed by atoms with van der Waals surface area (Å²) in [5.41, 5.74) is 5.79. The molecule has 28 heavy (non-hydrogen) atoms. The van der Waals surface area contributed by atoms with Crippen molar-refractivity contribution >= 4 is 33.5 Å². The number of hydrogen-bond donors (Lipinski definition) is 3. The molecule has 0 fully saturated rings. The number of nitrogens with two attached hydrogens (primary N) is 1. The van der Waals surface area contributed by atoms with Gasteiger partial charge in [-0.2, -0.15) is 4.98 Å². The largest absolute Gasteiger partial charge is 0.478 e. The van der Waals surface area contributed by atoms with E-state index in [1.165, 1.54) is 24.3 Å². The van der Waals surface area contributed by atoms with Crippen LogP contribution in [0.1, 0.15) is 30.6 Å². The molecule has 0 aliphatic carbocycles. The molecule has 4 N–H and O–H groups in total. The highest BCUT2D eigenvalue weighted by Crippen LogP contribution is 2.20. The summed E-state index contributed by atoms with van der Waals surface area (Å²) in [5, 5.41) is 8.98. The van der Waals surface area contributed by atoms with Crippen molar-refractivity contribution in [2.75, 3.05) is 11.3 Å². The third kappa shape index (κ3) is 6.32. The van der Waals surface area contributed by atoms with Gasteiger partial charge in [-0.1, -0.05) is 31.5 Å². The van der Waals surface area contributed by atoms with E-state index in [0.29, 0.717) is 5.92 Å². The van der Waals surface area contributed by atoms with Gasteiger partial charge in [-0.25, -0.2) is 22.9 Å². The summed E-state index contributed by atoms with van der Waals surface area (Å²) in [4.78, 5) is 18.6. The van der Waals surface area contributed by atoms with Gasteiger partial charge in [-0.15, -0.1) is 0 Å². The Balaban J connectivity index is 2.18. The van der Waals surface area contributed by atoms with Crippen molar-refractivity contribution < 1.29 is 23.1 Å². The Bertz CT molecular complexity index is 952. The molecule has 0 saturated heterocycles. The SMILES string of the molecule is CC(C)CC(N)COc1cc(Cl)nc(NS(=O)(=O)c2cccc(C(=O)O)c2)n1. The van der Waals surface area contributed by atoms with E-state index in [-0.39, 0.29) is 40.1 Å². The number of halogens is 1. The number of benzene rings is 1. The van der Waals surface area contributed by atoms with Crippen LogP contribution in [0.4, 0.5) is 5.95 Å². The van der Waals surface area contributed by atoms with E-state index < -0.39 is 16.0 Å². The molecule has 11 heteroatoms. The molecule has 152 valence electrons. The molecule has 0 amide bonds. The van der Waals surface area contributed by atoms with E-state index >= 15 is 0 Å². The Morgan fingerprint density at radius 2 is 2.04 bits per heavy atom. The number of carboxylic acid groups (broad SMARTS) is 1. The molecule has 2 rings (SSSR count). The lowest BCUT2D eigenvalue weighted by atomic mass is 10.1. The molecule has 0 radical (unpaired) electrons. The third-order valence-electron chi connectivity index (χ3n) is 3.51. The predicted molar refractivity (Wildman–Crippen MR) is 104 cm³/mol. The van der Waals surface area contributed by atoms with Gasteiger partial charge in [0.15, 0.2) is 0 Å². The monoisotopic (exact) mass is 428 g/mol. The van der Waals surface area contributed by atoms with Crippen LogP contribution in [0.2, 0.25) is 5.15 Å². The topological polar surface area (TPSA) is 144 Å². The molecule has 2 aromatic rings. The second kappa shape index (κ2) is 9.18. The Morgan fingerprint density at radius 1 is 1.32 bits per heavy atom. The fraction of sp³-hybridized carbons (Fsp3) is 0.353. The average Bonchev–Trinajstić information content (AvgIpc) is 2.58. The Hall–Kier alpha value is -2.43. The van der Waals surface area contributed by atoms with Gasteiger partial charge in [-0.3, -0.25) is 0 Å². The number of carbonyl (C=O) groups is 1. The predicted octanol–water partition coefficient (Wildman–Crippen LogP) is 2.38. The second-order valence-corrected chi connectivity index (χ2v) is 8.56. The highest BCUT2D eigenvalue weighted by atomic mass is 35.5. The minimum Gasteiger partial charge on any atom is -0.478 e. The number of nitrogens with one attached hydrogen (secondary N) is 1. The van der Waals surface area contributed by atoms with E-state index in [0.717, 1.165) is 12.5 Å². The molecule has 1 unspecified atom stereocenters. The zero-order valence-electron chi connectivity index (χ0n) is 15.3. The minimum atomic E-state index is -4.13. The first-order valence-corrected chi connectivity index (χ1v) is 10.2. The maximum Gasteiger partial charge on any atom is 0.335 e. The first kappa shape index (κ1) is 21.9.